The van der Waals surface area contributed by atoms with Crippen LogP contribution in [0, 0.1) is 5.92 Å². The van der Waals surface area contributed by atoms with E-state index in [1.54, 1.807) is 0 Å². The molecule has 5 heteroatoms. The number of benzene rings is 1. The number of para-hydroxylation sites is 2. The van der Waals surface area contributed by atoms with Gasteiger partial charge in [-0.3, -0.25) is 4.90 Å². The third-order valence-electron chi connectivity index (χ3n) is 5.53. The fraction of sp³-hybridized carbons (Fsp3) is 0.611. The number of ether oxygens (including phenoxy) is 1. The molecule has 0 spiro atoms. The van der Waals surface area contributed by atoms with E-state index >= 15 is 0 Å². The quantitative estimate of drug-likeness (QED) is 0.940. The van der Waals surface area contributed by atoms with Gasteiger partial charge in [-0.2, -0.15) is 0 Å². The Morgan fingerprint density at radius 2 is 2.17 bits per heavy atom. The van der Waals surface area contributed by atoms with Crippen LogP contribution in [0.4, 0.5) is 0 Å². The summed E-state index contributed by atoms with van der Waals surface area (Å²) in [6.07, 6.45) is 2.99. The highest BCUT2D eigenvalue weighted by Crippen LogP contribution is 2.33. The summed E-state index contributed by atoms with van der Waals surface area (Å²) < 4.78 is 7.91. The Balaban J connectivity index is 1.58. The molecule has 1 aromatic heterocycles. The predicted octanol–water partition coefficient (Wildman–Crippen LogP) is 1.94. The van der Waals surface area contributed by atoms with Gasteiger partial charge in [0.2, 0.25) is 0 Å². The highest BCUT2D eigenvalue weighted by molar-refractivity contribution is 5.75. The minimum absolute atomic E-state index is 0.176. The third kappa shape index (κ3) is 2.77. The van der Waals surface area contributed by atoms with Crippen LogP contribution in [0.2, 0.25) is 0 Å². The fourth-order valence-corrected chi connectivity index (χ4v) is 4.18. The Labute approximate surface area is 136 Å². The molecule has 0 amide bonds. The van der Waals surface area contributed by atoms with E-state index < -0.39 is 0 Å². The van der Waals surface area contributed by atoms with Gasteiger partial charge in [0.15, 0.2) is 0 Å². The monoisotopic (exact) mass is 315 g/mol. The molecule has 1 saturated carbocycles. The summed E-state index contributed by atoms with van der Waals surface area (Å²) in [4.78, 5) is 7.27. The van der Waals surface area contributed by atoms with Gasteiger partial charge >= 0.3 is 0 Å². The first kappa shape index (κ1) is 15.1. The Bertz CT molecular complexity index is 684. The van der Waals surface area contributed by atoms with E-state index in [-0.39, 0.29) is 6.10 Å². The molecule has 1 N–H and O–H groups in total. The van der Waals surface area contributed by atoms with Crippen LogP contribution in [0.25, 0.3) is 11.0 Å². The van der Waals surface area contributed by atoms with Gasteiger partial charge in [-0.25, -0.2) is 4.98 Å². The Hall–Kier alpha value is -1.43. The molecule has 1 aliphatic heterocycles. The van der Waals surface area contributed by atoms with Crippen LogP contribution in [0.3, 0.4) is 0 Å². The molecule has 2 aromatic rings. The molecule has 4 rings (SSSR count). The van der Waals surface area contributed by atoms with Crippen LogP contribution in [-0.2, 0) is 18.3 Å². The first-order valence-electron chi connectivity index (χ1n) is 8.64. The molecule has 2 fully saturated rings. The zero-order valence-electron chi connectivity index (χ0n) is 13.7. The molecule has 3 atom stereocenters. The van der Waals surface area contributed by atoms with Crippen molar-refractivity contribution >= 4 is 11.0 Å². The van der Waals surface area contributed by atoms with E-state index in [4.69, 9.17) is 9.72 Å². The molecule has 23 heavy (non-hydrogen) atoms. The summed E-state index contributed by atoms with van der Waals surface area (Å²) in [6, 6.07) is 8.58. The molecule has 0 radical (unpaired) electrons. The van der Waals surface area contributed by atoms with Crippen LogP contribution < -0.4 is 0 Å². The first-order valence-corrected chi connectivity index (χ1v) is 8.64. The van der Waals surface area contributed by atoms with Crippen LogP contribution >= 0.6 is 0 Å². The van der Waals surface area contributed by atoms with Crippen LogP contribution in [0.15, 0.2) is 24.3 Å². The average molecular weight is 315 g/mol. The number of aromatic nitrogens is 2. The van der Waals surface area contributed by atoms with Gasteiger partial charge in [0, 0.05) is 25.6 Å². The predicted molar refractivity (Wildman–Crippen MR) is 89.1 cm³/mol. The zero-order valence-corrected chi connectivity index (χ0v) is 13.7. The van der Waals surface area contributed by atoms with Gasteiger partial charge in [-0.1, -0.05) is 18.6 Å². The maximum Gasteiger partial charge on any atom is 0.123 e. The lowest BCUT2D eigenvalue weighted by Crippen LogP contribution is -2.50. The Kier molecular flexibility index (Phi) is 4.09. The molecular formula is C18H25N3O2. The maximum atomic E-state index is 10.3. The summed E-state index contributed by atoms with van der Waals surface area (Å²) >= 11 is 0. The molecule has 0 bridgehead atoms. The van der Waals surface area contributed by atoms with Crippen molar-refractivity contribution < 1.29 is 9.84 Å². The molecular weight excluding hydrogens is 290 g/mol. The van der Waals surface area contributed by atoms with E-state index in [0.717, 1.165) is 56.9 Å². The summed E-state index contributed by atoms with van der Waals surface area (Å²) in [5.41, 5.74) is 2.23. The number of hydrogen-bond acceptors (Lipinski definition) is 4. The van der Waals surface area contributed by atoms with Crippen LogP contribution in [0.1, 0.15) is 25.1 Å². The second-order valence-electron chi connectivity index (χ2n) is 6.85. The summed E-state index contributed by atoms with van der Waals surface area (Å²) in [5.74, 6) is 1.43. The van der Waals surface area contributed by atoms with Crippen molar-refractivity contribution in [2.24, 2.45) is 13.0 Å². The minimum atomic E-state index is -0.176. The molecule has 1 saturated heterocycles. The van der Waals surface area contributed by atoms with E-state index in [9.17, 15) is 5.11 Å². The average Bonchev–Trinajstić information content (AvgIpc) is 3.13. The normalized spacial score (nSPS) is 29.4. The second kappa shape index (κ2) is 6.23. The lowest BCUT2D eigenvalue weighted by Gasteiger charge is -2.39. The van der Waals surface area contributed by atoms with E-state index in [1.165, 1.54) is 5.52 Å². The summed E-state index contributed by atoms with van der Waals surface area (Å²) in [5, 5.41) is 10.3. The smallest absolute Gasteiger partial charge is 0.123 e. The van der Waals surface area contributed by atoms with Gasteiger partial charge in [0.05, 0.1) is 36.9 Å². The van der Waals surface area contributed by atoms with Crippen molar-refractivity contribution in [3.63, 3.8) is 0 Å². The van der Waals surface area contributed by atoms with Gasteiger partial charge in [0.1, 0.15) is 5.82 Å². The third-order valence-corrected chi connectivity index (χ3v) is 5.53. The SMILES string of the molecule is Cn1c(CN2CCOC[C@@H]2[C@H]2CCC[C@@H]2O)nc2ccccc21. The molecule has 2 aliphatic rings. The highest BCUT2D eigenvalue weighted by atomic mass is 16.5. The first-order chi connectivity index (χ1) is 11.2. The minimum Gasteiger partial charge on any atom is -0.393 e. The lowest BCUT2D eigenvalue weighted by molar-refractivity contribution is -0.0547. The lowest BCUT2D eigenvalue weighted by atomic mass is 9.94. The zero-order chi connectivity index (χ0) is 15.8. The van der Waals surface area contributed by atoms with Crippen molar-refractivity contribution in [1.82, 2.24) is 14.5 Å². The number of rotatable bonds is 3. The van der Waals surface area contributed by atoms with Crippen molar-refractivity contribution in [1.29, 1.82) is 0 Å². The largest absolute Gasteiger partial charge is 0.393 e. The molecule has 1 aromatic carbocycles. The van der Waals surface area contributed by atoms with Crippen LogP contribution in [-0.4, -0.2) is 51.5 Å². The second-order valence-corrected chi connectivity index (χ2v) is 6.85. The van der Waals surface area contributed by atoms with Gasteiger partial charge in [-0.05, 0) is 25.0 Å². The number of hydrogen-bond donors (Lipinski definition) is 1. The van der Waals surface area contributed by atoms with Crippen molar-refractivity contribution in [2.75, 3.05) is 19.8 Å². The van der Waals surface area contributed by atoms with Crippen molar-refractivity contribution in [3.8, 4) is 0 Å². The van der Waals surface area contributed by atoms with Gasteiger partial charge in [-0.15, -0.1) is 0 Å². The number of fused-ring (bicyclic) bond motifs is 1. The highest BCUT2D eigenvalue weighted by Gasteiger charge is 2.37. The number of aliphatic hydroxyl groups is 1. The summed E-state index contributed by atoms with van der Waals surface area (Å²) in [6.45, 7) is 3.23. The number of aryl methyl sites for hydroxylation is 1. The van der Waals surface area contributed by atoms with Crippen molar-refractivity contribution in [3.05, 3.63) is 30.1 Å². The van der Waals surface area contributed by atoms with E-state index in [1.807, 2.05) is 6.07 Å². The molecule has 2 heterocycles. The number of morpholine rings is 1. The number of imidazole rings is 1. The van der Waals surface area contributed by atoms with Crippen LogP contribution in [0.5, 0.6) is 0 Å². The molecule has 124 valence electrons. The standard InChI is InChI=1S/C18H25N3O2/c1-20-15-7-3-2-6-14(15)19-18(20)11-21-9-10-23-12-16(21)13-5-4-8-17(13)22/h2-3,6-7,13,16-17,22H,4-5,8-12H2,1H3/t13-,16-,17+/m1/s1. The van der Waals surface area contributed by atoms with Crippen molar-refractivity contribution in [2.45, 2.75) is 38.0 Å². The topological polar surface area (TPSA) is 50.5 Å². The summed E-state index contributed by atoms with van der Waals surface area (Å²) in [7, 11) is 2.09. The molecule has 1 aliphatic carbocycles. The van der Waals surface area contributed by atoms with E-state index in [2.05, 4.69) is 34.7 Å². The number of nitrogens with zero attached hydrogens (tertiary/aromatic N) is 3. The Morgan fingerprint density at radius 3 is 2.96 bits per heavy atom. The maximum absolute atomic E-state index is 10.3. The molecule has 5 nitrogen and oxygen atoms in total. The van der Waals surface area contributed by atoms with E-state index in [0.29, 0.717) is 12.0 Å². The number of aliphatic hydroxyl groups excluding tert-OH is 1. The van der Waals surface area contributed by atoms with Gasteiger partial charge in [0.25, 0.3) is 0 Å². The van der Waals surface area contributed by atoms with Gasteiger partial charge < -0.3 is 14.4 Å². The molecule has 0 unspecified atom stereocenters. The Morgan fingerprint density at radius 1 is 1.30 bits per heavy atom. The fourth-order valence-electron chi connectivity index (χ4n) is 4.18.